The van der Waals surface area contributed by atoms with Crippen LogP contribution in [0.1, 0.15) is 15.9 Å². The Morgan fingerprint density at radius 3 is 2.27 bits per heavy atom. The zero-order chi connectivity index (χ0) is 19.2. The number of nitrogens with zero attached hydrogens (tertiary/aromatic N) is 2. The van der Waals surface area contributed by atoms with E-state index in [1.54, 1.807) is 6.08 Å². The first-order chi connectivity index (χ1) is 12.1. The number of nitrogens with two attached hydrogens (primary N) is 1. The molecule has 2 aromatic carbocycles. The minimum atomic E-state index is -0.278. The number of aliphatic imine (C=N–C) groups is 1. The Morgan fingerprint density at radius 2 is 1.69 bits per heavy atom. The Morgan fingerprint density at radius 1 is 1.08 bits per heavy atom. The van der Waals surface area contributed by atoms with Crippen molar-refractivity contribution in [2.24, 2.45) is 4.99 Å². The van der Waals surface area contributed by atoms with Gasteiger partial charge < -0.3 is 10.8 Å². The number of fused-ring (bicyclic) bond motifs is 1. The summed E-state index contributed by atoms with van der Waals surface area (Å²) in [6.45, 7) is 0. The predicted molar refractivity (Wildman–Crippen MR) is 114 cm³/mol. The van der Waals surface area contributed by atoms with E-state index in [-0.39, 0.29) is 22.8 Å². The van der Waals surface area contributed by atoms with Crippen LogP contribution in [0.5, 0.6) is 5.75 Å². The molecular weight excluding hydrogens is 462 g/mol. The molecule has 0 saturated heterocycles. The molecule has 0 atom stereocenters. The number of carbonyl (C=O) groups excluding carboxylic acids is 1. The molecule has 1 aliphatic rings. The van der Waals surface area contributed by atoms with Crippen LogP contribution in [0.25, 0.3) is 0 Å². The fraction of sp³-hybridized carbons (Fsp3) is 0.158. The van der Waals surface area contributed by atoms with Crippen LogP contribution in [0.3, 0.4) is 0 Å². The molecule has 3 N–H and O–H groups in total. The van der Waals surface area contributed by atoms with Crippen molar-refractivity contribution in [3.8, 4) is 5.75 Å². The number of quaternary nitrogens is 1. The van der Waals surface area contributed by atoms with Crippen molar-refractivity contribution in [3.63, 3.8) is 0 Å². The molecule has 1 aliphatic carbocycles. The molecule has 26 heavy (non-hydrogen) atoms. The topological polar surface area (TPSA) is 75.7 Å². The van der Waals surface area contributed by atoms with Crippen molar-refractivity contribution < 1.29 is 9.90 Å². The van der Waals surface area contributed by atoms with E-state index >= 15 is 0 Å². The van der Waals surface area contributed by atoms with E-state index in [4.69, 9.17) is 5.73 Å². The van der Waals surface area contributed by atoms with Crippen molar-refractivity contribution in [1.82, 2.24) is 4.48 Å². The Balaban J connectivity index is 2.17. The summed E-state index contributed by atoms with van der Waals surface area (Å²) >= 11 is 6.55. The number of halogens is 2. The second-order valence-electron chi connectivity index (χ2n) is 6.89. The second kappa shape index (κ2) is 6.64. The van der Waals surface area contributed by atoms with E-state index in [2.05, 4.69) is 58.0 Å². The molecule has 0 radical (unpaired) electrons. The number of nitrogen functional groups attached to an aromatic ring is 1. The van der Waals surface area contributed by atoms with Crippen LogP contribution in [-0.2, 0) is 0 Å². The Hall–Kier alpha value is -1.96. The third-order valence-electron chi connectivity index (χ3n) is 4.12. The minimum absolute atomic E-state index is 0.0551. The number of phenols is 1. The van der Waals surface area contributed by atoms with Crippen LogP contribution in [0.4, 0.5) is 17.1 Å². The second-order valence-corrected chi connectivity index (χ2v) is 8.60. The summed E-state index contributed by atoms with van der Waals surface area (Å²) < 4.78 is 1.46. The largest absolute Gasteiger partial charge is 0.506 e. The molecule has 0 aliphatic heterocycles. The zero-order valence-electron chi connectivity index (χ0n) is 14.5. The van der Waals surface area contributed by atoms with E-state index in [1.165, 1.54) is 6.07 Å². The van der Waals surface area contributed by atoms with E-state index in [1.807, 2.05) is 24.3 Å². The highest BCUT2D eigenvalue weighted by Crippen LogP contribution is 2.40. The van der Waals surface area contributed by atoms with Gasteiger partial charge in [0, 0.05) is 17.8 Å². The predicted octanol–water partition coefficient (Wildman–Crippen LogP) is 4.53. The number of ketones is 1. The highest BCUT2D eigenvalue weighted by atomic mass is 79.9. The summed E-state index contributed by atoms with van der Waals surface area (Å²) in [6, 6.07) is 9.33. The van der Waals surface area contributed by atoms with Gasteiger partial charge in [0.25, 0.3) is 0 Å². The van der Waals surface area contributed by atoms with Crippen LogP contribution >= 0.6 is 31.9 Å². The summed E-state index contributed by atoms with van der Waals surface area (Å²) in [5.41, 5.74) is 9.21. The third-order valence-corrected chi connectivity index (χ3v) is 5.31. The molecule has 7 heteroatoms. The van der Waals surface area contributed by atoms with Gasteiger partial charge in [-0.1, -0.05) is 0 Å². The summed E-state index contributed by atoms with van der Waals surface area (Å²) in [7, 11) is 6.26. The molecule has 2 aromatic rings. The van der Waals surface area contributed by atoms with Gasteiger partial charge in [0.2, 0.25) is 5.78 Å². The molecule has 3 rings (SSSR count). The number of anilines is 1. The summed E-state index contributed by atoms with van der Waals surface area (Å²) in [5, 5.41) is 10.5. The highest BCUT2D eigenvalue weighted by Gasteiger charge is 2.29. The average molecular weight is 480 g/mol. The van der Waals surface area contributed by atoms with Crippen LogP contribution in [0.2, 0.25) is 0 Å². The lowest BCUT2D eigenvalue weighted by Gasteiger charge is -2.23. The van der Waals surface area contributed by atoms with Gasteiger partial charge in [-0.2, -0.15) is 0 Å². The van der Waals surface area contributed by atoms with E-state index in [9.17, 15) is 9.90 Å². The summed E-state index contributed by atoms with van der Waals surface area (Å²) in [6.07, 6.45) is 1.60. The highest BCUT2D eigenvalue weighted by molar-refractivity contribution is 9.12. The van der Waals surface area contributed by atoms with Gasteiger partial charge in [-0.25, -0.2) is 4.99 Å². The fourth-order valence-corrected chi connectivity index (χ4v) is 3.59. The van der Waals surface area contributed by atoms with Crippen molar-refractivity contribution in [2.45, 2.75) is 0 Å². The normalized spacial score (nSPS) is 15.8. The first kappa shape index (κ1) is 18.8. The van der Waals surface area contributed by atoms with Crippen molar-refractivity contribution in [2.75, 3.05) is 26.9 Å². The van der Waals surface area contributed by atoms with Gasteiger partial charge in [-0.3, -0.25) is 9.28 Å². The number of phenolic OH excluding ortho intramolecular Hbond substituents is 1. The Kier molecular flexibility index (Phi) is 4.81. The number of rotatable bonds is 2. The van der Waals surface area contributed by atoms with E-state index in [0.29, 0.717) is 30.4 Å². The lowest BCUT2D eigenvalue weighted by atomic mass is 9.91. The quantitative estimate of drug-likeness (QED) is 0.377. The monoisotopic (exact) mass is 478 g/mol. The van der Waals surface area contributed by atoms with Gasteiger partial charge in [-0.15, -0.1) is 0 Å². The van der Waals surface area contributed by atoms with Gasteiger partial charge in [-0.05, 0) is 56.1 Å². The molecular formula is C19H18Br2N3O2+. The molecule has 0 fully saturated rings. The Labute approximate surface area is 168 Å². The fourth-order valence-electron chi connectivity index (χ4n) is 2.73. The van der Waals surface area contributed by atoms with Crippen molar-refractivity contribution in [3.05, 3.63) is 56.5 Å². The molecule has 0 aromatic heterocycles. The van der Waals surface area contributed by atoms with Crippen LogP contribution < -0.4 is 10.2 Å². The molecule has 5 nitrogen and oxygen atoms in total. The molecule has 0 spiro atoms. The summed E-state index contributed by atoms with van der Waals surface area (Å²) in [5.74, 6) is -0.333. The van der Waals surface area contributed by atoms with Gasteiger partial charge in [0.05, 0.1) is 52.6 Å². The number of benzene rings is 2. The van der Waals surface area contributed by atoms with E-state index < -0.39 is 0 Å². The third kappa shape index (κ3) is 3.34. The zero-order valence-corrected chi connectivity index (χ0v) is 17.7. The minimum Gasteiger partial charge on any atom is -0.506 e. The van der Waals surface area contributed by atoms with Crippen molar-refractivity contribution >= 4 is 60.4 Å². The first-order valence-electron chi connectivity index (χ1n) is 7.83. The average Bonchev–Trinajstić information content (AvgIpc) is 2.55. The smallest absolute Gasteiger partial charge is 0.202 e. The maximum absolute atomic E-state index is 12.5. The molecule has 0 amide bonds. The molecule has 0 saturated carbocycles. The molecule has 134 valence electrons. The number of hydrogen-bond donors (Lipinski definition) is 2. The number of hydrogen-bond acceptors (Lipinski definition) is 4. The number of carbonyl (C=O) groups is 1. The number of Topliss-reactive ketones (excluding diaryl/α,β-unsaturated/α-hetero) is 1. The SMILES string of the molecule is C[N+](C)(C)c1ccc(N=C2C=C(Br)C(=O)c3c(N)cc(Br)c(O)c32)cc1. The van der Waals surface area contributed by atoms with Crippen LogP contribution in [0.15, 0.2) is 50.4 Å². The maximum Gasteiger partial charge on any atom is 0.202 e. The number of allylic oxidation sites excluding steroid dienone is 2. The van der Waals surface area contributed by atoms with Gasteiger partial charge in [0.1, 0.15) is 11.4 Å². The van der Waals surface area contributed by atoms with E-state index in [0.717, 1.165) is 5.69 Å². The standard InChI is InChI=1S/C19H17Br2N3O2/c1-24(2,3)11-6-4-10(5-7-11)23-15-9-13(21)18(25)16-14(22)8-12(20)19(26)17(15)16/h4-9H,1-3H3,(H2-,22,23,25,26)/p+1. The maximum atomic E-state index is 12.5. The lowest BCUT2D eigenvalue weighted by molar-refractivity contribution is 0.104. The van der Waals surface area contributed by atoms with Gasteiger partial charge >= 0.3 is 0 Å². The molecule has 0 unspecified atom stereocenters. The van der Waals surface area contributed by atoms with Gasteiger partial charge in [0.15, 0.2) is 0 Å². The number of aromatic hydroxyl groups is 1. The molecule has 0 heterocycles. The van der Waals surface area contributed by atoms with Crippen LogP contribution in [-0.4, -0.2) is 37.7 Å². The molecule has 0 bridgehead atoms. The Bertz CT molecular complexity index is 972. The summed E-state index contributed by atoms with van der Waals surface area (Å²) in [4.78, 5) is 17.1. The van der Waals surface area contributed by atoms with Crippen LogP contribution in [0, 0.1) is 0 Å². The first-order valence-corrected chi connectivity index (χ1v) is 9.42. The lowest BCUT2D eigenvalue weighted by Crippen LogP contribution is -2.34. The van der Waals surface area contributed by atoms with Crippen molar-refractivity contribution in [1.29, 1.82) is 0 Å².